The van der Waals surface area contributed by atoms with Crippen molar-refractivity contribution in [3.8, 4) is 0 Å². The van der Waals surface area contributed by atoms with Gasteiger partial charge >= 0.3 is 5.97 Å². The number of carbonyl (C=O) groups is 2. The molecule has 0 heterocycles. The molecular weight excluding hydrogens is 228 g/mol. The van der Waals surface area contributed by atoms with Gasteiger partial charge in [-0.05, 0) is 13.0 Å². The lowest BCUT2D eigenvalue weighted by Crippen LogP contribution is -2.13. The van der Waals surface area contributed by atoms with Gasteiger partial charge in [0.1, 0.15) is 0 Å². The van der Waals surface area contributed by atoms with Gasteiger partial charge in [0.15, 0.2) is 5.56 Å². The molecule has 0 aromatic heterocycles. The molecular formula is C10H10N2O5. The minimum Gasteiger partial charge on any atom is -0.477 e. The van der Waals surface area contributed by atoms with E-state index in [1.807, 2.05) is 0 Å². The van der Waals surface area contributed by atoms with Crippen LogP contribution >= 0.6 is 0 Å². The van der Waals surface area contributed by atoms with Crippen LogP contribution in [0, 0.1) is 17.0 Å². The maximum absolute atomic E-state index is 11.0. The molecule has 7 nitrogen and oxygen atoms in total. The van der Waals surface area contributed by atoms with Crippen molar-refractivity contribution in [2.45, 2.75) is 13.8 Å². The third-order valence-corrected chi connectivity index (χ3v) is 2.09. The van der Waals surface area contributed by atoms with Crippen LogP contribution in [0.1, 0.15) is 22.8 Å². The number of rotatable bonds is 3. The van der Waals surface area contributed by atoms with Gasteiger partial charge in [-0.15, -0.1) is 0 Å². The van der Waals surface area contributed by atoms with Gasteiger partial charge in [0, 0.05) is 12.5 Å². The molecule has 90 valence electrons. The van der Waals surface area contributed by atoms with E-state index in [0.717, 1.165) is 0 Å². The predicted octanol–water partition coefficient (Wildman–Crippen LogP) is 1.56. The van der Waals surface area contributed by atoms with E-state index in [9.17, 15) is 19.7 Å². The molecule has 0 atom stereocenters. The minimum absolute atomic E-state index is 0.0812. The number of carboxylic acid groups (broad SMARTS) is 1. The van der Waals surface area contributed by atoms with Crippen LogP contribution in [0.15, 0.2) is 12.1 Å². The van der Waals surface area contributed by atoms with Crippen LogP contribution in [0.5, 0.6) is 0 Å². The van der Waals surface area contributed by atoms with Gasteiger partial charge in [-0.3, -0.25) is 14.9 Å². The molecule has 2 N–H and O–H groups in total. The van der Waals surface area contributed by atoms with Crippen molar-refractivity contribution in [1.82, 2.24) is 0 Å². The number of hydrogen-bond donors (Lipinski definition) is 2. The van der Waals surface area contributed by atoms with Crippen molar-refractivity contribution in [3.05, 3.63) is 33.4 Å². The highest BCUT2D eigenvalue weighted by Crippen LogP contribution is 2.30. The molecule has 1 aromatic rings. The topological polar surface area (TPSA) is 110 Å². The number of nitrogens with zero attached hydrogens (tertiary/aromatic N) is 1. The normalized spacial score (nSPS) is 9.76. The zero-order valence-electron chi connectivity index (χ0n) is 9.18. The second-order valence-electron chi connectivity index (χ2n) is 3.40. The fraction of sp³-hybridized carbons (Fsp3) is 0.200. The lowest BCUT2D eigenvalue weighted by molar-refractivity contribution is -0.385. The van der Waals surface area contributed by atoms with Crippen molar-refractivity contribution in [2.24, 2.45) is 0 Å². The molecule has 0 saturated carbocycles. The van der Waals surface area contributed by atoms with Crippen LogP contribution in [0.3, 0.4) is 0 Å². The fourth-order valence-electron chi connectivity index (χ4n) is 1.44. The summed E-state index contributed by atoms with van der Waals surface area (Å²) in [6.07, 6.45) is 0. The molecule has 0 unspecified atom stereocenters. The Bertz CT molecular complexity index is 510. The lowest BCUT2D eigenvalue weighted by atomic mass is 10.1. The van der Waals surface area contributed by atoms with Gasteiger partial charge in [0.05, 0.1) is 10.6 Å². The highest BCUT2D eigenvalue weighted by Gasteiger charge is 2.26. The molecule has 0 aliphatic rings. The fourth-order valence-corrected chi connectivity index (χ4v) is 1.44. The van der Waals surface area contributed by atoms with E-state index < -0.39 is 28.1 Å². The molecule has 0 aliphatic heterocycles. The van der Waals surface area contributed by atoms with Gasteiger partial charge in [-0.2, -0.15) is 0 Å². The molecule has 0 fully saturated rings. The summed E-state index contributed by atoms with van der Waals surface area (Å²) in [6.45, 7) is 2.62. The molecule has 1 rings (SSSR count). The average Bonchev–Trinajstić information content (AvgIpc) is 2.18. The molecule has 0 spiro atoms. The Hall–Kier alpha value is -2.44. The minimum atomic E-state index is -1.45. The maximum Gasteiger partial charge on any atom is 0.344 e. The molecule has 17 heavy (non-hydrogen) atoms. The quantitative estimate of drug-likeness (QED) is 0.613. The third kappa shape index (κ3) is 2.57. The molecule has 0 bridgehead atoms. The average molecular weight is 238 g/mol. The summed E-state index contributed by atoms with van der Waals surface area (Å²) in [5, 5.41) is 22.0. The van der Waals surface area contributed by atoms with Crippen molar-refractivity contribution in [1.29, 1.82) is 0 Å². The first-order valence-corrected chi connectivity index (χ1v) is 4.63. The monoisotopic (exact) mass is 238 g/mol. The zero-order chi connectivity index (χ0) is 13.2. The highest BCUT2D eigenvalue weighted by atomic mass is 16.6. The Labute approximate surface area is 96.2 Å². The second kappa shape index (κ2) is 4.60. The summed E-state index contributed by atoms with van der Waals surface area (Å²) in [7, 11) is 0. The summed E-state index contributed by atoms with van der Waals surface area (Å²) in [4.78, 5) is 31.9. The first kappa shape index (κ1) is 12.6. The first-order valence-electron chi connectivity index (χ1n) is 4.63. The van der Waals surface area contributed by atoms with Crippen molar-refractivity contribution >= 4 is 23.3 Å². The SMILES string of the molecule is CC(=O)Nc1ccc(C)c([N+](=O)[O-])c1C(=O)O. The summed E-state index contributed by atoms with van der Waals surface area (Å²) in [5.41, 5.74) is -0.877. The van der Waals surface area contributed by atoms with Gasteiger partial charge < -0.3 is 10.4 Å². The number of aromatic carboxylic acids is 1. The van der Waals surface area contributed by atoms with E-state index in [4.69, 9.17) is 5.11 Å². The van der Waals surface area contributed by atoms with Gasteiger partial charge in [0.25, 0.3) is 5.69 Å². The maximum atomic E-state index is 11.0. The third-order valence-electron chi connectivity index (χ3n) is 2.09. The van der Waals surface area contributed by atoms with E-state index in [1.165, 1.54) is 26.0 Å². The largest absolute Gasteiger partial charge is 0.477 e. The van der Waals surface area contributed by atoms with Crippen LogP contribution in [-0.4, -0.2) is 21.9 Å². The van der Waals surface area contributed by atoms with Gasteiger partial charge in [-0.1, -0.05) is 6.07 Å². The Morgan fingerprint density at radius 1 is 1.41 bits per heavy atom. The smallest absolute Gasteiger partial charge is 0.344 e. The van der Waals surface area contributed by atoms with Crippen LogP contribution < -0.4 is 5.32 Å². The molecule has 0 radical (unpaired) electrons. The van der Waals surface area contributed by atoms with Crippen LogP contribution in [0.4, 0.5) is 11.4 Å². The van der Waals surface area contributed by atoms with E-state index in [2.05, 4.69) is 5.32 Å². The summed E-state index contributed by atoms with van der Waals surface area (Å²) in [6, 6.07) is 2.71. The lowest BCUT2D eigenvalue weighted by Gasteiger charge is -2.08. The summed E-state index contributed by atoms with van der Waals surface area (Å²) in [5.74, 6) is -1.95. The van der Waals surface area contributed by atoms with E-state index in [-0.39, 0.29) is 11.3 Å². The number of nitro benzene ring substituents is 1. The van der Waals surface area contributed by atoms with Crippen LogP contribution in [-0.2, 0) is 4.79 Å². The number of hydrogen-bond acceptors (Lipinski definition) is 4. The second-order valence-corrected chi connectivity index (χ2v) is 3.40. The van der Waals surface area contributed by atoms with Crippen LogP contribution in [0.2, 0.25) is 0 Å². The number of carboxylic acids is 1. The number of benzene rings is 1. The summed E-state index contributed by atoms with van der Waals surface area (Å²) >= 11 is 0. The predicted molar refractivity (Wildman–Crippen MR) is 59.1 cm³/mol. The number of aryl methyl sites for hydroxylation is 1. The molecule has 0 saturated heterocycles. The number of anilines is 1. The van der Waals surface area contributed by atoms with Crippen LogP contribution in [0.25, 0.3) is 0 Å². The van der Waals surface area contributed by atoms with Gasteiger partial charge in [-0.25, -0.2) is 4.79 Å². The Balaban J connectivity index is 3.52. The highest BCUT2D eigenvalue weighted by molar-refractivity contribution is 6.03. The van der Waals surface area contributed by atoms with Crippen molar-refractivity contribution in [2.75, 3.05) is 5.32 Å². The molecule has 7 heteroatoms. The first-order chi connectivity index (χ1) is 7.84. The molecule has 0 aliphatic carbocycles. The molecule has 1 amide bonds. The standard InChI is InChI=1S/C10H10N2O5/c1-5-3-4-7(11-6(2)13)8(10(14)15)9(5)12(16)17/h3-4H,1-2H3,(H,11,13)(H,14,15). The number of nitro groups is 1. The van der Waals surface area contributed by atoms with E-state index in [0.29, 0.717) is 0 Å². The Kier molecular flexibility index (Phi) is 3.42. The van der Waals surface area contributed by atoms with E-state index in [1.54, 1.807) is 0 Å². The Morgan fingerprint density at radius 3 is 2.41 bits per heavy atom. The van der Waals surface area contributed by atoms with Crippen molar-refractivity contribution in [3.63, 3.8) is 0 Å². The van der Waals surface area contributed by atoms with Gasteiger partial charge in [0.2, 0.25) is 5.91 Å². The number of carbonyl (C=O) groups excluding carboxylic acids is 1. The summed E-state index contributed by atoms with van der Waals surface area (Å²) < 4.78 is 0. The number of amides is 1. The Morgan fingerprint density at radius 2 is 2.00 bits per heavy atom. The number of nitrogens with one attached hydrogen (secondary N) is 1. The zero-order valence-corrected chi connectivity index (χ0v) is 9.18. The molecule has 1 aromatic carbocycles. The van der Waals surface area contributed by atoms with Crippen molar-refractivity contribution < 1.29 is 19.6 Å². The van der Waals surface area contributed by atoms with E-state index >= 15 is 0 Å².